The number of nitro groups is 1. The van der Waals surface area contributed by atoms with Crippen molar-refractivity contribution >= 4 is 39.2 Å². The van der Waals surface area contributed by atoms with Gasteiger partial charge in [0, 0.05) is 101 Å². The zero-order valence-corrected chi connectivity index (χ0v) is 43.9. The van der Waals surface area contributed by atoms with E-state index in [1.807, 2.05) is 31.2 Å². The van der Waals surface area contributed by atoms with Crippen LogP contribution < -0.4 is 24.4 Å². The number of amides is 1. The highest BCUT2D eigenvalue weighted by Crippen LogP contribution is 2.53. The van der Waals surface area contributed by atoms with Crippen LogP contribution in [0.1, 0.15) is 117 Å². The maximum Gasteiger partial charge on any atom is 0.293 e. The number of carbonyl (C=O) groups is 1. The second-order valence-corrected chi connectivity index (χ2v) is 23.5. The normalized spacial score (nSPS) is 21.9. The first-order chi connectivity index (χ1) is 35.5. The summed E-state index contributed by atoms with van der Waals surface area (Å²) in [5.41, 5.74) is 5.02. The Morgan fingerprint density at radius 1 is 0.959 bits per heavy atom. The molecule has 0 radical (unpaired) electrons. The predicted octanol–water partition coefficient (Wildman–Crippen LogP) is 9.47. The molecule has 5 N–H and O–H groups in total. The second-order valence-electron chi connectivity index (χ2n) is 21.8. The summed E-state index contributed by atoms with van der Waals surface area (Å²) in [6.45, 7) is 12.3. The van der Waals surface area contributed by atoms with Crippen molar-refractivity contribution < 1.29 is 32.7 Å². The Bertz CT molecular complexity index is 2870. The Morgan fingerprint density at radius 3 is 2.38 bits per heavy atom. The zero-order chi connectivity index (χ0) is 52.2. The highest BCUT2D eigenvalue weighted by atomic mass is 32.2. The van der Waals surface area contributed by atoms with E-state index in [0.717, 1.165) is 107 Å². The standard InChI is InChI=1S/C57H72N8O8S/c1-39(2)48-7-5-6-8-49(48)53-38-62(37-41-9-12-45(72-4)13-10-41)27-28-64(53)44-32-57(33-44)22-25-63(26-23-57)43-11-15-50(54(30-43)73-46(34-58)29-42-19-24-59-35-42)55(66)61-74(70,71)47-14-16-51(52(31-47)65(68)69)60-36-40-17-20-56(3,67)21-18-40/h5-16,19,24,30-31,34-35,39-40,44,46,53,58-60,67H,17-18,20-23,25-29,32-33,36-38H2,1-4H3,(H,61,66)/t40?,46?,53-,56?/m0/s1. The summed E-state index contributed by atoms with van der Waals surface area (Å²) in [4.78, 5) is 35.9. The number of methoxy groups -OCH3 is 1. The maximum absolute atomic E-state index is 14.1. The SMILES string of the molecule is COc1ccc(CN2CCN(C3CC4(CCN(c5ccc(C(=O)NS(=O)(=O)c6ccc(NCC7CCC(C)(O)CC7)c([N+](=O)[O-])c6)c(OC(C=N)Cc6cc[nH]c6)c5)CC4)C3)[C@H](c3ccccc3C(C)C)C2)cc1. The Morgan fingerprint density at radius 2 is 1.70 bits per heavy atom. The largest absolute Gasteiger partial charge is 0.497 e. The third-order valence-corrected chi connectivity index (χ3v) is 17.6. The number of ether oxygens (including phenoxy) is 2. The molecule has 1 unspecified atom stereocenters. The van der Waals surface area contributed by atoms with Gasteiger partial charge < -0.3 is 35.2 Å². The van der Waals surface area contributed by atoms with E-state index in [-0.39, 0.29) is 34.4 Å². The number of H-pyrrole nitrogens is 1. The van der Waals surface area contributed by atoms with Crippen LogP contribution in [0.15, 0.2) is 108 Å². The van der Waals surface area contributed by atoms with Crippen LogP contribution in [0, 0.1) is 26.9 Å². The lowest BCUT2D eigenvalue weighted by molar-refractivity contribution is -0.384. The zero-order valence-electron chi connectivity index (χ0n) is 43.1. The quantitative estimate of drug-likeness (QED) is 0.0298. The number of rotatable bonds is 19. The highest BCUT2D eigenvalue weighted by Gasteiger charge is 2.50. The maximum atomic E-state index is 14.1. The number of hydrogen-bond acceptors (Lipinski definition) is 13. The molecule has 1 spiro atoms. The molecule has 2 aliphatic heterocycles. The molecule has 17 heteroatoms. The molecule has 0 bridgehead atoms. The Labute approximate surface area is 435 Å². The average molecular weight is 1030 g/mol. The number of aliphatic hydroxyl groups is 1. The summed E-state index contributed by atoms with van der Waals surface area (Å²) >= 11 is 0. The molecule has 74 heavy (non-hydrogen) atoms. The number of piperidine rings is 1. The summed E-state index contributed by atoms with van der Waals surface area (Å²) in [5, 5.41) is 33.9. The number of aromatic nitrogens is 1. The van der Waals surface area contributed by atoms with Crippen molar-refractivity contribution in [3.05, 3.63) is 141 Å². The first-order valence-electron chi connectivity index (χ1n) is 26.2. The van der Waals surface area contributed by atoms with Gasteiger partial charge in [-0.25, -0.2) is 13.1 Å². The van der Waals surface area contributed by atoms with Crippen molar-refractivity contribution in [3.8, 4) is 11.5 Å². The fourth-order valence-electron chi connectivity index (χ4n) is 11.8. The fourth-order valence-corrected chi connectivity index (χ4v) is 12.8. The monoisotopic (exact) mass is 1030 g/mol. The molecule has 3 heterocycles. The van der Waals surface area contributed by atoms with Crippen molar-refractivity contribution in [2.24, 2.45) is 11.3 Å². The number of aromatic amines is 1. The number of nitro benzene ring substituents is 1. The number of piperazine rings is 1. The fraction of sp³-hybridized carbons (Fsp3) is 0.474. The molecule has 4 fully saturated rings. The van der Waals surface area contributed by atoms with Crippen molar-refractivity contribution in [1.82, 2.24) is 19.5 Å². The van der Waals surface area contributed by atoms with Crippen LogP contribution in [0.5, 0.6) is 11.5 Å². The molecule has 9 rings (SSSR count). The summed E-state index contributed by atoms with van der Waals surface area (Å²) < 4.78 is 41.6. The lowest BCUT2D eigenvalue weighted by Crippen LogP contribution is -2.60. The van der Waals surface area contributed by atoms with Crippen molar-refractivity contribution in [3.63, 3.8) is 0 Å². The van der Waals surface area contributed by atoms with E-state index >= 15 is 0 Å². The van der Waals surface area contributed by atoms with E-state index in [4.69, 9.17) is 14.9 Å². The average Bonchev–Trinajstić information content (AvgIpc) is 3.91. The first kappa shape index (κ1) is 52.6. The van der Waals surface area contributed by atoms with Gasteiger partial charge in [0.25, 0.3) is 21.6 Å². The van der Waals surface area contributed by atoms with Gasteiger partial charge >= 0.3 is 0 Å². The van der Waals surface area contributed by atoms with Gasteiger partial charge in [0.05, 0.1) is 28.1 Å². The van der Waals surface area contributed by atoms with Gasteiger partial charge in [0.2, 0.25) is 0 Å². The minimum Gasteiger partial charge on any atom is -0.497 e. The number of nitrogens with one attached hydrogen (secondary N) is 4. The van der Waals surface area contributed by atoms with Gasteiger partial charge in [0.15, 0.2) is 0 Å². The van der Waals surface area contributed by atoms with Gasteiger partial charge in [-0.2, -0.15) is 0 Å². The first-order valence-corrected chi connectivity index (χ1v) is 27.7. The van der Waals surface area contributed by atoms with Crippen molar-refractivity contribution in [2.45, 2.75) is 120 Å². The van der Waals surface area contributed by atoms with Gasteiger partial charge in [-0.05, 0) is 140 Å². The van der Waals surface area contributed by atoms with E-state index in [1.165, 1.54) is 28.8 Å². The third-order valence-electron chi connectivity index (χ3n) is 16.3. The van der Waals surface area contributed by atoms with E-state index in [0.29, 0.717) is 37.8 Å². The molecule has 16 nitrogen and oxygen atoms in total. The van der Waals surface area contributed by atoms with E-state index in [2.05, 4.69) is 80.0 Å². The predicted molar refractivity (Wildman–Crippen MR) is 288 cm³/mol. The smallest absolute Gasteiger partial charge is 0.293 e. The molecule has 1 amide bonds. The highest BCUT2D eigenvalue weighted by molar-refractivity contribution is 7.90. The van der Waals surface area contributed by atoms with Gasteiger partial charge in [-0.3, -0.25) is 24.7 Å². The summed E-state index contributed by atoms with van der Waals surface area (Å²) in [6.07, 6.45) is 11.4. The van der Waals surface area contributed by atoms with Gasteiger partial charge in [-0.1, -0.05) is 50.2 Å². The third kappa shape index (κ3) is 12.1. The minimum absolute atomic E-state index is 0.0505. The molecule has 4 aliphatic rings. The van der Waals surface area contributed by atoms with Crippen LogP contribution in [-0.2, 0) is 23.0 Å². The Hall–Kier alpha value is -6.27. The lowest BCUT2D eigenvalue weighted by Gasteiger charge is -2.58. The molecular weight excluding hydrogens is 957 g/mol. The molecule has 1 aromatic heterocycles. The van der Waals surface area contributed by atoms with Crippen LogP contribution in [0.2, 0.25) is 0 Å². The molecule has 394 valence electrons. The molecule has 2 atom stereocenters. The summed E-state index contributed by atoms with van der Waals surface area (Å²) in [6, 6.07) is 28.7. The molecule has 2 saturated heterocycles. The lowest BCUT2D eigenvalue weighted by atomic mass is 9.59. The second kappa shape index (κ2) is 22.3. The van der Waals surface area contributed by atoms with E-state index in [9.17, 15) is 28.4 Å². The van der Waals surface area contributed by atoms with Crippen LogP contribution in [-0.4, -0.2) is 109 Å². The van der Waals surface area contributed by atoms with Crippen LogP contribution in [0.3, 0.4) is 0 Å². The van der Waals surface area contributed by atoms with Gasteiger partial charge in [0.1, 0.15) is 23.3 Å². The summed E-state index contributed by atoms with van der Waals surface area (Å²) in [7, 11) is -2.90. The molecule has 4 aromatic carbocycles. The molecule has 2 saturated carbocycles. The number of nitrogens with zero attached hydrogens (tertiary/aromatic N) is 4. The van der Waals surface area contributed by atoms with Crippen LogP contribution in [0.4, 0.5) is 17.1 Å². The molecular formula is C57H72N8O8S. The van der Waals surface area contributed by atoms with Crippen LogP contribution in [0.25, 0.3) is 0 Å². The number of benzene rings is 4. The topological polar surface area (TPSA) is 206 Å². The van der Waals surface area contributed by atoms with Crippen LogP contribution >= 0.6 is 0 Å². The molecule has 5 aromatic rings. The number of sulfonamides is 1. The minimum atomic E-state index is -4.60. The number of carbonyl (C=O) groups excluding carboxylic acids is 1. The molecule has 2 aliphatic carbocycles. The Balaban J connectivity index is 0.882. The summed E-state index contributed by atoms with van der Waals surface area (Å²) in [5.74, 6) is 0.626. The number of hydrogen-bond donors (Lipinski definition) is 5. The van der Waals surface area contributed by atoms with E-state index in [1.54, 1.807) is 31.6 Å². The van der Waals surface area contributed by atoms with Gasteiger partial charge in [-0.15, -0.1) is 0 Å². The van der Waals surface area contributed by atoms with Crippen molar-refractivity contribution in [1.29, 1.82) is 5.41 Å². The number of anilines is 2. The Kier molecular flexibility index (Phi) is 15.8. The van der Waals surface area contributed by atoms with E-state index < -0.39 is 43.1 Å². The van der Waals surface area contributed by atoms with Crippen molar-refractivity contribution in [2.75, 3.05) is 56.6 Å².